The predicted octanol–water partition coefficient (Wildman–Crippen LogP) is 4.57. The van der Waals surface area contributed by atoms with Crippen LogP contribution >= 0.6 is 0 Å². The highest BCUT2D eigenvalue weighted by molar-refractivity contribution is 6.07. The number of pyridine rings is 1. The summed E-state index contributed by atoms with van der Waals surface area (Å²) in [5.41, 5.74) is 6.47. The Hall–Kier alpha value is -3.73. The molecule has 0 aliphatic heterocycles. The van der Waals surface area contributed by atoms with Crippen molar-refractivity contribution < 1.29 is 9.21 Å². The first kappa shape index (κ1) is 16.7. The number of carbonyl (C=O) groups is 1. The van der Waals surface area contributed by atoms with Crippen LogP contribution in [0.15, 0.2) is 82.5 Å². The number of fused-ring (bicyclic) bond motifs is 1. The number of furan rings is 1. The second-order valence-electron chi connectivity index (χ2n) is 6.11. The van der Waals surface area contributed by atoms with E-state index in [1.165, 1.54) is 0 Å². The first-order chi connectivity index (χ1) is 13.2. The van der Waals surface area contributed by atoms with E-state index in [1.54, 1.807) is 24.6 Å². The van der Waals surface area contributed by atoms with Gasteiger partial charge in [0.15, 0.2) is 5.76 Å². The average Bonchev–Trinajstić information content (AvgIpc) is 3.23. The van der Waals surface area contributed by atoms with Gasteiger partial charge in [-0.25, -0.2) is 10.4 Å². The summed E-state index contributed by atoms with van der Waals surface area (Å²) in [7, 11) is 0. The molecule has 0 aliphatic carbocycles. The average molecular weight is 355 g/mol. The number of carbonyl (C=O) groups excluding carboxylic acids is 1. The molecule has 0 bridgehead atoms. The molecule has 0 aliphatic rings. The van der Waals surface area contributed by atoms with Gasteiger partial charge in [0.25, 0.3) is 5.91 Å². The molecule has 0 fully saturated rings. The van der Waals surface area contributed by atoms with Gasteiger partial charge in [-0.05, 0) is 42.3 Å². The number of amides is 1. The minimum absolute atomic E-state index is 0.300. The van der Waals surface area contributed by atoms with Gasteiger partial charge < -0.3 is 4.42 Å². The number of aryl methyl sites for hydroxylation is 1. The van der Waals surface area contributed by atoms with Gasteiger partial charge in [0.05, 0.1) is 23.6 Å². The fraction of sp³-hybridized carbons (Fsp3) is 0.0455. The molecule has 2 heterocycles. The van der Waals surface area contributed by atoms with Gasteiger partial charge in [0.2, 0.25) is 0 Å². The lowest BCUT2D eigenvalue weighted by molar-refractivity contribution is 0.0956. The van der Waals surface area contributed by atoms with Crippen LogP contribution in [0.2, 0.25) is 0 Å². The number of hydrazone groups is 1. The van der Waals surface area contributed by atoms with Crippen LogP contribution < -0.4 is 5.43 Å². The van der Waals surface area contributed by atoms with Crippen LogP contribution in [0.4, 0.5) is 0 Å². The molecule has 2 aromatic heterocycles. The molecule has 0 unspecified atom stereocenters. The largest absolute Gasteiger partial charge is 0.463 e. The monoisotopic (exact) mass is 355 g/mol. The minimum Gasteiger partial charge on any atom is -0.463 e. The molecule has 4 rings (SSSR count). The Morgan fingerprint density at radius 3 is 2.70 bits per heavy atom. The van der Waals surface area contributed by atoms with Crippen molar-refractivity contribution in [3.05, 3.63) is 89.7 Å². The molecule has 0 radical (unpaired) electrons. The third-order valence-electron chi connectivity index (χ3n) is 4.29. The maximum absolute atomic E-state index is 12.8. The van der Waals surface area contributed by atoms with Crippen LogP contribution in [0.5, 0.6) is 0 Å². The van der Waals surface area contributed by atoms with Crippen LogP contribution in [-0.4, -0.2) is 17.1 Å². The maximum atomic E-state index is 12.8. The SMILES string of the molecule is Cc1ccccc1/C=N\NC(=O)c1cc(-c2ccco2)nc2ccccc12. The Kier molecular flexibility index (Phi) is 4.49. The van der Waals surface area contributed by atoms with Gasteiger partial charge in [-0.15, -0.1) is 0 Å². The van der Waals surface area contributed by atoms with Gasteiger partial charge >= 0.3 is 0 Å². The predicted molar refractivity (Wildman–Crippen MR) is 106 cm³/mol. The van der Waals surface area contributed by atoms with Crippen LogP contribution in [0.25, 0.3) is 22.4 Å². The summed E-state index contributed by atoms with van der Waals surface area (Å²) >= 11 is 0. The van der Waals surface area contributed by atoms with E-state index < -0.39 is 0 Å². The van der Waals surface area contributed by atoms with Gasteiger partial charge in [0.1, 0.15) is 5.69 Å². The second-order valence-corrected chi connectivity index (χ2v) is 6.11. The molecule has 0 atom stereocenters. The Bertz CT molecular complexity index is 1130. The normalized spacial score (nSPS) is 11.1. The highest BCUT2D eigenvalue weighted by Crippen LogP contribution is 2.25. The van der Waals surface area contributed by atoms with Crippen LogP contribution in [-0.2, 0) is 0 Å². The zero-order valence-corrected chi connectivity index (χ0v) is 14.7. The number of para-hydroxylation sites is 1. The summed E-state index contributed by atoms with van der Waals surface area (Å²) in [5.74, 6) is 0.310. The highest BCUT2D eigenvalue weighted by atomic mass is 16.3. The molecule has 132 valence electrons. The summed E-state index contributed by atoms with van der Waals surface area (Å²) in [6, 6.07) is 20.7. The molecule has 2 aromatic carbocycles. The molecular formula is C22H17N3O2. The lowest BCUT2D eigenvalue weighted by Gasteiger charge is -2.07. The Morgan fingerprint density at radius 1 is 1.07 bits per heavy atom. The number of rotatable bonds is 4. The Labute approximate surface area is 156 Å². The molecule has 0 spiro atoms. The first-order valence-corrected chi connectivity index (χ1v) is 8.55. The lowest BCUT2D eigenvalue weighted by Crippen LogP contribution is -2.18. The van der Waals surface area contributed by atoms with Crippen molar-refractivity contribution in [3.8, 4) is 11.5 Å². The van der Waals surface area contributed by atoms with Gasteiger partial charge in [-0.3, -0.25) is 4.79 Å². The Balaban J connectivity index is 1.67. The Morgan fingerprint density at radius 2 is 1.89 bits per heavy atom. The molecule has 0 saturated carbocycles. The fourth-order valence-electron chi connectivity index (χ4n) is 2.87. The third-order valence-corrected chi connectivity index (χ3v) is 4.29. The maximum Gasteiger partial charge on any atom is 0.272 e. The van der Waals surface area contributed by atoms with Crippen LogP contribution in [0.3, 0.4) is 0 Å². The number of nitrogens with zero attached hydrogens (tertiary/aromatic N) is 2. The number of nitrogens with one attached hydrogen (secondary N) is 1. The third kappa shape index (κ3) is 3.48. The number of hydrogen-bond donors (Lipinski definition) is 1. The molecule has 0 saturated heterocycles. The van der Waals surface area contributed by atoms with Crippen molar-refractivity contribution >= 4 is 23.0 Å². The van der Waals surface area contributed by atoms with E-state index >= 15 is 0 Å². The van der Waals surface area contributed by atoms with E-state index in [0.29, 0.717) is 17.0 Å². The summed E-state index contributed by atoms with van der Waals surface area (Å²) in [4.78, 5) is 17.4. The number of benzene rings is 2. The smallest absolute Gasteiger partial charge is 0.272 e. The van der Waals surface area contributed by atoms with Gasteiger partial charge in [-0.1, -0.05) is 42.5 Å². The fourth-order valence-corrected chi connectivity index (χ4v) is 2.87. The van der Waals surface area contributed by atoms with E-state index in [-0.39, 0.29) is 5.91 Å². The zero-order valence-electron chi connectivity index (χ0n) is 14.7. The zero-order chi connectivity index (χ0) is 18.6. The molecule has 5 heteroatoms. The lowest BCUT2D eigenvalue weighted by atomic mass is 10.1. The van der Waals surface area contributed by atoms with E-state index in [2.05, 4.69) is 15.5 Å². The molecule has 5 nitrogen and oxygen atoms in total. The van der Waals surface area contributed by atoms with Crippen molar-refractivity contribution in [3.63, 3.8) is 0 Å². The number of aromatic nitrogens is 1. The topological polar surface area (TPSA) is 67.5 Å². The van der Waals surface area contributed by atoms with E-state index in [4.69, 9.17) is 4.42 Å². The summed E-state index contributed by atoms with van der Waals surface area (Å²) < 4.78 is 5.43. The summed E-state index contributed by atoms with van der Waals surface area (Å²) in [5, 5.41) is 4.87. The minimum atomic E-state index is -0.300. The highest BCUT2D eigenvalue weighted by Gasteiger charge is 2.14. The standard InChI is InChI=1S/C22H17N3O2/c1-15-7-2-3-8-16(15)14-23-25-22(26)18-13-20(21-11-6-12-27-21)24-19-10-5-4-9-17(18)19/h2-14H,1H3,(H,25,26)/b23-14-. The van der Waals surface area contributed by atoms with E-state index in [1.807, 2.05) is 61.5 Å². The summed E-state index contributed by atoms with van der Waals surface area (Å²) in [6.07, 6.45) is 3.22. The molecule has 1 amide bonds. The van der Waals surface area contributed by atoms with E-state index in [0.717, 1.165) is 22.0 Å². The molecule has 27 heavy (non-hydrogen) atoms. The molecule has 1 N–H and O–H groups in total. The summed E-state index contributed by atoms with van der Waals surface area (Å²) in [6.45, 7) is 2.00. The first-order valence-electron chi connectivity index (χ1n) is 8.55. The van der Waals surface area contributed by atoms with Crippen molar-refractivity contribution in [2.45, 2.75) is 6.92 Å². The van der Waals surface area contributed by atoms with Crippen molar-refractivity contribution in [2.75, 3.05) is 0 Å². The van der Waals surface area contributed by atoms with Crippen LogP contribution in [0, 0.1) is 6.92 Å². The molecular weight excluding hydrogens is 338 g/mol. The van der Waals surface area contributed by atoms with Gasteiger partial charge in [0, 0.05) is 5.39 Å². The quantitative estimate of drug-likeness (QED) is 0.431. The van der Waals surface area contributed by atoms with Crippen LogP contribution in [0.1, 0.15) is 21.5 Å². The second kappa shape index (κ2) is 7.25. The van der Waals surface area contributed by atoms with Crippen molar-refractivity contribution in [1.82, 2.24) is 10.4 Å². The van der Waals surface area contributed by atoms with Crippen molar-refractivity contribution in [2.24, 2.45) is 5.10 Å². The number of hydrogen-bond acceptors (Lipinski definition) is 4. The van der Waals surface area contributed by atoms with E-state index in [9.17, 15) is 4.79 Å². The van der Waals surface area contributed by atoms with Crippen molar-refractivity contribution in [1.29, 1.82) is 0 Å². The molecule has 4 aromatic rings. The van der Waals surface area contributed by atoms with Gasteiger partial charge in [-0.2, -0.15) is 5.10 Å².